The average Bonchev–Trinajstić information content (AvgIpc) is 2.40. The smallest absolute Gasteiger partial charge is 0.230 e. The Morgan fingerprint density at radius 1 is 1.11 bits per heavy atom. The van der Waals surface area contributed by atoms with Gasteiger partial charge in [0, 0.05) is 25.8 Å². The number of rotatable bonds is 3. The summed E-state index contributed by atoms with van der Waals surface area (Å²) in [4.78, 5) is 10.8. The summed E-state index contributed by atoms with van der Waals surface area (Å²) in [7, 11) is 3.88. The molecule has 0 radical (unpaired) electrons. The predicted molar refractivity (Wildman–Crippen MR) is 78.6 cm³/mol. The molecule has 0 aliphatic carbocycles. The van der Waals surface area contributed by atoms with Crippen LogP contribution in [0.5, 0.6) is 0 Å². The van der Waals surface area contributed by atoms with Crippen molar-refractivity contribution in [2.24, 2.45) is 0 Å². The van der Waals surface area contributed by atoms with E-state index in [1.807, 2.05) is 55.4 Å². The monoisotopic (exact) mass is 252 g/mol. The number of nitrogens with zero attached hydrogens (tertiary/aromatic N) is 3. The number of aromatic nitrogens is 2. The molecule has 0 fully saturated rings. The lowest BCUT2D eigenvalue weighted by Crippen LogP contribution is -2.12. The molecule has 1 aromatic heterocycles. The molecule has 4 nitrogen and oxygen atoms in total. The lowest BCUT2D eigenvalue weighted by Gasteiger charge is -2.13. The van der Waals surface area contributed by atoms with Crippen molar-refractivity contribution in [2.45, 2.75) is 6.92 Å². The van der Waals surface area contributed by atoms with Gasteiger partial charge in [0.1, 0.15) is 11.5 Å². The molecule has 0 bridgehead atoms. The van der Waals surface area contributed by atoms with Gasteiger partial charge >= 0.3 is 0 Å². The van der Waals surface area contributed by atoms with Gasteiger partial charge in [-0.25, -0.2) is 4.98 Å². The third-order valence-corrected chi connectivity index (χ3v) is 2.45. The zero-order valence-corrected chi connectivity index (χ0v) is 11.3. The molecule has 2 rings (SSSR count). The summed E-state index contributed by atoms with van der Waals surface area (Å²) in [5.41, 5.74) is 1.66. The van der Waals surface area contributed by atoms with Crippen LogP contribution in [-0.2, 0) is 0 Å². The van der Waals surface area contributed by atoms with Crippen LogP contribution >= 0.6 is 0 Å². The zero-order chi connectivity index (χ0) is 13.7. The third-order valence-electron chi connectivity index (χ3n) is 2.45. The van der Waals surface area contributed by atoms with Gasteiger partial charge in [-0.2, -0.15) is 4.98 Å². The van der Waals surface area contributed by atoms with Gasteiger partial charge in [0.25, 0.3) is 0 Å². The number of anilines is 3. The molecule has 0 saturated carbocycles. The zero-order valence-electron chi connectivity index (χ0n) is 11.3. The van der Waals surface area contributed by atoms with Crippen molar-refractivity contribution in [3.63, 3.8) is 0 Å². The highest BCUT2D eigenvalue weighted by Gasteiger charge is 2.05. The fraction of sp³-hybridized carbons (Fsp3) is 0.200. The number of nitrogens with one attached hydrogen (secondary N) is 1. The first-order valence-electron chi connectivity index (χ1n) is 6.00. The Morgan fingerprint density at radius 3 is 2.47 bits per heavy atom. The summed E-state index contributed by atoms with van der Waals surface area (Å²) in [6.45, 7) is 1.79. The third kappa shape index (κ3) is 3.46. The minimum absolute atomic E-state index is 0.551. The Morgan fingerprint density at radius 2 is 1.84 bits per heavy atom. The molecule has 19 heavy (non-hydrogen) atoms. The predicted octanol–water partition coefficient (Wildman–Crippen LogP) is 2.66. The molecule has 0 atom stereocenters. The average molecular weight is 252 g/mol. The van der Waals surface area contributed by atoms with E-state index in [0.29, 0.717) is 11.6 Å². The maximum absolute atomic E-state index is 4.45. The molecule has 0 spiro atoms. The molecule has 1 heterocycles. The van der Waals surface area contributed by atoms with E-state index in [-0.39, 0.29) is 0 Å². The number of hydrogen-bond acceptors (Lipinski definition) is 4. The largest absolute Gasteiger partial charge is 0.363 e. The molecular weight excluding hydrogens is 236 g/mol. The Labute approximate surface area is 113 Å². The van der Waals surface area contributed by atoms with E-state index in [1.165, 1.54) is 0 Å². The summed E-state index contributed by atoms with van der Waals surface area (Å²) < 4.78 is 0. The van der Waals surface area contributed by atoms with Gasteiger partial charge in [-0.1, -0.05) is 24.1 Å². The highest BCUT2D eigenvalue weighted by molar-refractivity contribution is 5.56. The minimum atomic E-state index is 0.551. The maximum Gasteiger partial charge on any atom is 0.230 e. The van der Waals surface area contributed by atoms with Crippen LogP contribution < -0.4 is 10.2 Å². The normalized spacial score (nSPS) is 9.42. The SMILES string of the molecule is CC#Cc1cc(N(C)C)nc(Nc2ccccc2)n1. The van der Waals surface area contributed by atoms with E-state index in [0.717, 1.165) is 11.5 Å². The van der Waals surface area contributed by atoms with Crippen molar-refractivity contribution in [1.29, 1.82) is 0 Å². The summed E-state index contributed by atoms with van der Waals surface area (Å²) in [6.07, 6.45) is 0. The summed E-state index contributed by atoms with van der Waals surface area (Å²) in [5, 5.41) is 3.18. The molecule has 4 heteroatoms. The van der Waals surface area contributed by atoms with E-state index in [9.17, 15) is 0 Å². The van der Waals surface area contributed by atoms with E-state index < -0.39 is 0 Å². The number of benzene rings is 1. The number of hydrogen-bond donors (Lipinski definition) is 1. The second-order valence-corrected chi connectivity index (χ2v) is 4.20. The van der Waals surface area contributed by atoms with Crippen LogP contribution in [0.1, 0.15) is 12.6 Å². The first-order valence-corrected chi connectivity index (χ1v) is 6.00. The summed E-state index contributed by atoms with van der Waals surface area (Å²) in [5.74, 6) is 7.19. The topological polar surface area (TPSA) is 41.1 Å². The molecule has 1 N–H and O–H groups in total. The molecule has 0 aliphatic heterocycles. The molecule has 1 aromatic carbocycles. The van der Waals surface area contributed by atoms with Gasteiger partial charge in [-0.3, -0.25) is 0 Å². The summed E-state index contributed by atoms with van der Waals surface area (Å²) in [6, 6.07) is 11.7. The van der Waals surface area contributed by atoms with E-state index in [4.69, 9.17) is 0 Å². The first-order chi connectivity index (χ1) is 9.19. The van der Waals surface area contributed by atoms with Crippen LogP contribution in [0.2, 0.25) is 0 Å². The van der Waals surface area contributed by atoms with Crippen molar-refractivity contribution < 1.29 is 0 Å². The van der Waals surface area contributed by atoms with Gasteiger partial charge in [0.05, 0.1) is 0 Å². The van der Waals surface area contributed by atoms with Crippen molar-refractivity contribution in [3.05, 3.63) is 42.1 Å². The highest BCUT2D eigenvalue weighted by Crippen LogP contribution is 2.16. The van der Waals surface area contributed by atoms with Crippen LogP contribution in [0.3, 0.4) is 0 Å². The highest BCUT2D eigenvalue weighted by atomic mass is 15.2. The second-order valence-electron chi connectivity index (χ2n) is 4.20. The van der Waals surface area contributed by atoms with E-state index in [2.05, 4.69) is 27.1 Å². The van der Waals surface area contributed by atoms with Crippen LogP contribution in [-0.4, -0.2) is 24.1 Å². The quantitative estimate of drug-likeness (QED) is 0.853. The van der Waals surface area contributed by atoms with Gasteiger partial charge in [-0.15, -0.1) is 0 Å². The molecular formula is C15H16N4. The molecule has 0 unspecified atom stereocenters. The Balaban J connectivity index is 2.35. The molecule has 2 aromatic rings. The van der Waals surface area contributed by atoms with Gasteiger partial charge < -0.3 is 10.2 Å². The minimum Gasteiger partial charge on any atom is -0.363 e. The number of para-hydroxylation sites is 1. The van der Waals surface area contributed by atoms with Gasteiger partial charge in [0.2, 0.25) is 5.95 Å². The molecule has 96 valence electrons. The molecule has 0 saturated heterocycles. The van der Waals surface area contributed by atoms with Gasteiger partial charge in [-0.05, 0) is 25.0 Å². The van der Waals surface area contributed by atoms with E-state index >= 15 is 0 Å². The van der Waals surface area contributed by atoms with Crippen molar-refractivity contribution in [3.8, 4) is 11.8 Å². The van der Waals surface area contributed by atoms with Crippen LogP contribution in [0, 0.1) is 11.8 Å². The van der Waals surface area contributed by atoms with Crippen molar-refractivity contribution in [1.82, 2.24) is 9.97 Å². The van der Waals surface area contributed by atoms with Crippen LogP contribution in [0.25, 0.3) is 0 Å². The van der Waals surface area contributed by atoms with Crippen molar-refractivity contribution in [2.75, 3.05) is 24.3 Å². The Hall–Kier alpha value is -2.54. The standard InChI is InChI=1S/C15H16N4/c1-4-8-13-11-14(19(2)3)18-15(17-13)16-12-9-6-5-7-10-12/h5-7,9-11H,1-3H3,(H,16,17,18). The van der Waals surface area contributed by atoms with Gasteiger partial charge in [0.15, 0.2) is 0 Å². The lowest BCUT2D eigenvalue weighted by atomic mass is 10.3. The fourth-order valence-corrected chi connectivity index (χ4v) is 1.56. The summed E-state index contributed by atoms with van der Waals surface area (Å²) >= 11 is 0. The second kappa shape index (κ2) is 5.87. The Bertz CT molecular complexity index is 609. The van der Waals surface area contributed by atoms with Crippen LogP contribution in [0.4, 0.5) is 17.5 Å². The Kier molecular flexibility index (Phi) is 3.99. The fourth-order valence-electron chi connectivity index (χ4n) is 1.56. The lowest BCUT2D eigenvalue weighted by molar-refractivity contribution is 1.03. The maximum atomic E-state index is 4.45. The molecule has 0 aliphatic rings. The van der Waals surface area contributed by atoms with Crippen molar-refractivity contribution >= 4 is 17.5 Å². The van der Waals surface area contributed by atoms with E-state index in [1.54, 1.807) is 6.92 Å². The first kappa shape index (κ1) is 12.9. The van der Waals surface area contributed by atoms with Crippen LogP contribution in [0.15, 0.2) is 36.4 Å². The molecule has 0 amide bonds.